The molecular formula is C29H22N2O5. The van der Waals surface area contributed by atoms with Crippen LogP contribution in [0.25, 0.3) is 11.1 Å². The van der Waals surface area contributed by atoms with E-state index in [1.54, 1.807) is 30.3 Å². The first-order valence-corrected chi connectivity index (χ1v) is 11.3. The van der Waals surface area contributed by atoms with E-state index in [1.807, 2.05) is 48.5 Å². The SMILES string of the molecule is CNC(=O)OCc1ccc(-c2ccc(Nc3ccc(O)c4c3C(=O)c3ccccc3C4=O)cc2)cc1. The van der Waals surface area contributed by atoms with Crippen LogP contribution in [0.5, 0.6) is 5.75 Å². The zero-order chi connectivity index (χ0) is 25.2. The summed E-state index contributed by atoms with van der Waals surface area (Å²) in [6.45, 7) is 0.186. The van der Waals surface area contributed by atoms with Crippen molar-refractivity contribution in [3.63, 3.8) is 0 Å². The molecule has 3 N–H and O–H groups in total. The van der Waals surface area contributed by atoms with Gasteiger partial charge in [-0.2, -0.15) is 0 Å². The molecule has 0 aliphatic heterocycles. The minimum atomic E-state index is -0.479. The predicted molar refractivity (Wildman–Crippen MR) is 136 cm³/mol. The highest BCUT2D eigenvalue weighted by Crippen LogP contribution is 2.38. The fourth-order valence-electron chi connectivity index (χ4n) is 4.23. The first-order chi connectivity index (χ1) is 17.5. The third-order valence-electron chi connectivity index (χ3n) is 6.08. The lowest BCUT2D eigenvalue weighted by Gasteiger charge is -2.21. The number of carbonyl (C=O) groups excluding carboxylic acids is 3. The number of ether oxygens (including phenoxy) is 1. The van der Waals surface area contributed by atoms with Crippen LogP contribution in [0.3, 0.4) is 0 Å². The zero-order valence-electron chi connectivity index (χ0n) is 19.4. The van der Waals surface area contributed by atoms with E-state index in [-0.39, 0.29) is 40.6 Å². The predicted octanol–water partition coefficient (Wildman–Crippen LogP) is 5.43. The second-order valence-electron chi connectivity index (χ2n) is 8.31. The summed E-state index contributed by atoms with van der Waals surface area (Å²) in [6.07, 6.45) is -0.479. The number of fused-ring (bicyclic) bond motifs is 2. The van der Waals surface area contributed by atoms with Crippen LogP contribution in [-0.4, -0.2) is 29.8 Å². The molecule has 0 spiro atoms. The number of alkyl carbamates (subject to hydrolysis) is 1. The summed E-state index contributed by atoms with van der Waals surface area (Å²) in [7, 11) is 1.51. The molecule has 1 aliphatic carbocycles. The number of ketones is 2. The van der Waals surface area contributed by atoms with Gasteiger partial charge in [0.25, 0.3) is 0 Å². The summed E-state index contributed by atoms with van der Waals surface area (Å²) in [4.78, 5) is 37.5. The van der Waals surface area contributed by atoms with Crippen LogP contribution in [0.2, 0.25) is 0 Å². The van der Waals surface area contributed by atoms with Crippen LogP contribution >= 0.6 is 0 Å². The van der Waals surface area contributed by atoms with Crippen LogP contribution < -0.4 is 10.6 Å². The Balaban J connectivity index is 1.38. The molecule has 36 heavy (non-hydrogen) atoms. The summed E-state index contributed by atoms with van der Waals surface area (Å²) < 4.78 is 5.06. The van der Waals surface area contributed by atoms with Crippen molar-refractivity contribution in [1.82, 2.24) is 5.32 Å². The summed E-state index contributed by atoms with van der Waals surface area (Å²) in [5.74, 6) is -0.903. The topological polar surface area (TPSA) is 105 Å². The fourth-order valence-corrected chi connectivity index (χ4v) is 4.23. The molecule has 0 aromatic heterocycles. The lowest BCUT2D eigenvalue weighted by Crippen LogP contribution is -2.22. The molecule has 0 radical (unpaired) electrons. The standard InChI is InChI=1S/C29H22N2O5/c1-30-29(35)36-16-17-6-8-18(9-7-17)19-10-12-20(13-11-19)31-23-14-15-24(32)26-25(23)27(33)21-4-2-3-5-22(21)28(26)34/h2-15,31-32H,16H2,1H3,(H,30,35). The van der Waals surface area contributed by atoms with Crippen LogP contribution in [0, 0.1) is 0 Å². The first kappa shape index (κ1) is 22.9. The maximum atomic E-state index is 13.2. The lowest BCUT2D eigenvalue weighted by molar-refractivity contribution is 0.0977. The number of amides is 1. The van der Waals surface area contributed by atoms with Crippen molar-refractivity contribution in [2.45, 2.75) is 6.61 Å². The Labute approximate surface area is 207 Å². The molecule has 4 aromatic rings. The van der Waals surface area contributed by atoms with E-state index < -0.39 is 6.09 Å². The maximum absolute atomic E-state index is 13.2. The summed E-state index contributed by atoms with van der Waals surface area (Å²) in [5.41, 5.74) is 4.81. The molecule has 0 bridgehead atoms. The van der Waals surface area contributed by atoms with E-state index in [1.165, 1.54) is 13.1 Å². The molecule has 0 fully saturated rings. The molecule has 178 valence electrons. The average molecular weight is 479 g/mol. The molecule has 4 aromatic carbocycles. The maximum Gasteiger partial charge on any atom is 0.407 e. The van der Waals surface area contributed by atoms with Gasteiger partial charge in [-0.1, -0.05) is 60.7 Å². The number of phenolic OH excluding ortho intramolecular Hbond substituents is 1. The number of rotatable bonds is 5. The lowest BCUT2D eigenvalue weighted by atomic mass is 9.82. The van der Waals surface area contributed by atoms with E-state index >= 15 is 0 Å². The molecule has 1 amide bonds. The van der Waals surface area contributed by atoms with Crippen molar-refractivity contribution in [2.75, 3.05) is 12.4 Å². The fraction of sp³-hybridized carbons (Fsp3) is 0.0690. The van der Waals surface area contributed by atoms with Gasteiger partial charge >= 0.3 is 6.09 Å². The molecular weight excluding hydrogens is 456 g/mol. The monoisotopic (exact) mass is 478 g/mol. The molecule has 7 nitrogen and oxygen atoms in total. The zero-order valence-corrected chi connectivity index (χ0v) is 19.4. The number of anilines is 2. The van der Waals surface area contributed by atoms with Gasteiger partial charge in [0.15, 0.2) is 11.6 Å². The molecule has 7 heteroatoms. The number of aromatic hydroxyl groups is 1. The van der Waals surface area contributed by atoms with Crippen LogP contribution in [0.15, 0.2) is 84.9 Å². The summed E-state index contributed by atoms with van der Waals surface area (Å²) in [5, 5.41) is 16.0. The largest absolute Gasteiger partial charge is 0.507 e. The average Bonchev–Trinajstić information content (AvgIpc) is 2.92. The minimum Gasteiger partial charge on any atom is -0.507 e. The first-order valence-electron chi connectivity index (χ1n) is 11.3. The Kier molecular flexibility index (Phi) is 5.96. The van der Waals surface area contributed by atoms with Crippen molar-refractivity contribution < 1.29 is 24.2 Å². The van der Waals surface area contributed by atoms with Gasteiger partial charge in [-0.15, -0.1) is 0 Å². The highest BCUT2D eigenvalue weighted by molar-refractivity contribution is 6.31. The van der Waals surface area contributed by atoms with Crippen LogP contribution in [0.4, 0.5) is 16.2 Å². The van der Waals surface area contributed by atoms with Crippen molar-refractivity contribution in [2.24, 2.45) is 0 Å². The quantitative estimate of drug-likeness (QED) is 0.291. The van der Waals surface area contributed by atoms with E-state index in [2.05, 4.69) is 10.6 Å². The van der Waals surface area contributed by atoms with E-state index in [4.69, 9.17) is 4.74 Å². The molecule has 5 rings (SSSR count). The highest BCUT2D eigenvalue weighted by Gasteiger charge is 2.33. The van der Waals surface area contributed by atoms with Gasteiger partial charge in [-0.25, -0.2) is 4.79 Å². The third kappa shape index (κ3) is 4.18. The molecule has 0 atom stereocenters. The Morgan fingerprint density at radius 1 is 0.778 bits per heavy atom. The Hall–Kier alpha value is -4.91. The molecule has 0 saturated heterocycles. The van der Waals surface area contributed by atoms with Gasteiger partial charge in [0.2, 0.25) is 0 Å². The van der Waals surface area contributed by atoms with Crippen LogP contribution in [-0.2, 0) is 11.3 Å². The van der Waals surface area contributed by atoms with Gasteiger partial charge in [-0.3, -0.25) is 9.59 Å². The van der Waals surface area contributed by atoms with E-state index in [9.17, 15) is 19.5 Å². The van der Waals surface area contributed by atoms with Gasteiger partial charge < -0.3 is 20.5 Å². The molecule has 1 aliphatic rings. The Morgan fingerprint density at radius 2 is 1.36 bits per heavy atom. The van der Waals surface area contributed by atoms with E-state index in [0.29, 0.717) is 11.3 Å². The number of phenols is 1. The van der Waals surface area contributed by atoms with Gasteiger partial charge in [0.05, 0.1) is 16.8 Å². The number of nitrogens with one attached hydrogen (secondary N) is 2. The Morgan fingerprint density at radius 3 is 1.97 bits per heavy atom. The summed E-state index contributed by atoms with van der Waals surface area (Å²) >= 11 is 0. The van der Waals surface area contributed by atoms with Crippen molar-refractivity contribution in [3.05, 3.63) is 113 Å². The number of carbonyl (C=O) groups is 3. The van der Waals surface area contributed by atoms with Gasteiger partial charge in [0.1, 0.15) is 12.4 Å². The number of benzene rings is 4. The minimum absolute atomic E-state index is 0.0146. The smallest absolute Gasteiger partial charge is 0.407 e. The number of hydrogen-bond donors (Lipinski definition) is 3. The summed E-state index contributed by atoms with van der Waals surface area (Å²) in [6, 6.07) is 25.0. The molecule has 0 unspecified atom stereocenters. The normalized spacial score (nSPS) is 11.9. The van der Waals surface area contributed by atoms with Crippen molar-refractivity contribution in [3.8, 4) is 16.9 Å². The van der Waals surface area contributed by atoms with Crippen LogP contribution in [0.1, 0.15) is 37.4 Å². The van der Waals surface area contributed by atoms with Gasteiger partial charge in [0, 0.05) is 23.9 Å². The second-order valence-corrected chi connectivity index (χ2v) is 8.31. The Bertz CT molecular complexity index is 1490. The molecule has 0 saturated carbocycles. The third-order valence-corrected chi connectivity index (χ3v) is 6.08. The number of hydrogen-bond acceptors (Lipinski definition) is 6. The van der Waals surface area contributed by atoms with Gasteiger partial charge in [-0.05, 0) is 41.0 Å². The highest BCUT2D eigenvalue weighted by atomic mass is 16.5. The van der Waals surface area contributed by atoms with Crippen molar-refractivity contribution in [1.29, 1.82) is 0 Å². The second kappa shape index (κ2) is 9.38. The van der Waals surface area contributed by atoms with E-state index in [0.717, 1.165) is 22.4 Å². The van der Waals surface area contributed by atoms with Crippen molar-refractivity contribution >= 4 is 29.0 Å². The molecule has 0 heterocycles.